The van der Waals surface area contributed by atoms with E-state index in [0.717, 1.165) is 23.5 Å². The van der Waals surface area contributed by atoms with Crippen LogP contribution < -0.4 is 0 Å². The molecule has 2 rings (SSSR count). The molecular weight excluding hydrogens is 211 g/mol. The van der Waals surface area contributed by atoms with Crippen LogP contribution in [0.2, 0.25) is 0 Å². The van der Waals surface area contributed by atoms with Gasteiger partial charge in [-0.15, -0.1) is 0 Å². The van der Waals surface area contributed by atoms with Crippen molar-refractivity contribution in [2.24, 2.45) is 5.92 Å². The number of aryl methyl sites for hydroxylation is 1. The molecule has 1 aliphatic heterocycles. The van der Waals surface area contributed by atoms with Crippen LogP contribution in [-0.2, 0) is 0 Å². The molecule has 0 aromatic heterocycles. The van der Waals surface area contributed by atoms with Crippen LogP contribution in [0.3, 0.4) is 0 Å². The number of carbonyl (C=O) groups excluding carboxylic acids is 1. The van der Waals surface area contributed by atoms with Crippen molar-refractivity contribution in [2.45, 2.75) is 13.3 Å². The van der Waals surface area contributed by atoms with Gasteiger partial charge in [-0.3, -0.25) is 4.79 Å². The van der Waals surface area contributed by atoms with Crippen molar-refractivity contribution in [3.8, 4) is 0 Å². The minimum Gasteiger partial charge on any atom is -0.294 e. The summed E-state index contributed by atoms with van der Waals surface area (Å²) in [5.41, 5.74) is 1.43. The van der Waals surface area contributed by atoms with Crippen molar-refractivity contribution >= 4 is 17.5 Å². The Labute approximate surface area is 93.1 Å². The van der Waals surface area contributed by atoms with Gasteiger partial charge in [0.15, 0.2) is 5.78 Å². The normalized spacial score (nSPS) is 20.5. The summed E-state index contributed by atoms with van der Waals surface area (Å²) in [4.78, 5) is 12.0. The first-order chi connectivity index (χ1) is 7.18. The van der Waals surface area contributed by atoms with Gasteiger partial charge in [0.2, 0.25) is 0 Å². The molecule has 0 spiro atoms. The predicted octanol–water partition coefficient (Wildman–Crippen LogP) is 3.07. The predicted molar refractivity (Wildman–Crippen MR) is 60.9 cm³/mol. The van der Waals surface area contributed by atoms with Crippen molar-refractivity contribution in [3.63, 3.8) is 0 Å². The quantitative estimate of drug-likeness (QED) is 0.718. The first-order valence-electron chi connectivity index (χ1n) is 5.06. The smallest absolute Gasteiger partial charge is 0.167 e. The van der Waals surface area contributed by atoms with Crippen LogP contribution in [0.4, 0.5) is 4.39 Å². The second-order valence-corrected chi connectivity index (χ2v) is 5.03. The molecular formula is C12H13FOS. The molecule has 0 radical (unpaired) electrons. The summed E-state index contributed by atoms with van der Waals surface area (Å²) in [6.07, 6.45) is 0.930. The zero-order valence-corrected chi connectivity index (χ0v) is 9.44. The molecule has 1 atom stereocenters. The number of rotatable bonds is 2. The number of halogens is 1. The second kappa shape index (κ2) is 4.35. The van der Waals surface area contributed by atoms with E-state index in [2.05, 4.69) is 0 Å². The number of hydrogen-bond donors (Lipinski definition) is 0. The Morgan fingerprint density at radius 2 is 2.33 bits per heavy atom. The number of thioether (sulfide) groups is 1. The minimum atomic E-state index is -0.324. The highest BCUT2D eigenvalue weighted by Crippen LogP contribution is 2.27. The molecule has 1 aromatic rings. The maximum absolute atomic E-state index is 13.0. The summed E-state index contributed by atoms with van der Waals surface area (Å²) in [5.74, 6) is 1.81. The fourth-order valence-corrected chi connectivity index (χ4v) is 3.04. The lowest BCUT2D eigenvalue weighted by Crippen LogP contribution is -2.15. The van der Waals surface area contributed by atoms with Crippen molar-refractivity contribution in [3.05, 3.63) is 35.1 Å². The van der Waals surface area contributed by atoms with E-state index >= 15 is 0 Å². The molecule has 3 heteroatoms. The van der Waals surface area contributed by atoms with Crippen LogP contribution >= 0.6 is 11.8 Å². The lowest BCUT2D eigenvalue weighted by atomic mass is 9.94. The Hall–Kier alpha value is -0.830. The molecule has 1 nitrogen and oxygen atoms in total. The third kappa shape index (κ3) is 2.23. The fraction of sp³-hybridized carbons (Fsp3) is 0.417. The minimum absolute atomic E-state index is 0.0931. The van der Waals surface area contributed by atoms with Gasteiger partial charge >= 0.3 is 0 Å². The molecule has 1 fully saturated rings. The zero-order valence-electron chi connectivity index (χ0n) is 8.63. The van der Waals surface area contributed by atoms with Crippen LogP contribution in [-0.4, -0.2) is 17.3 Å². The van der Waals surface area contributed by atoms with Crippen molar-refractivity contribution in [1.82, 2.24) is 0 Å². The van der Waals surface area contributed by atoms with Gasteiger partial charge in [-0.2, -0.15) is 11.8 Å². The van der Waals surface area contributed by atoms with E-state index < -0.39 is 0 Å². The monoisotopic (exact) mass is 224 g/mol. The van der Waals surface area contributed by atoms with Gasteiger partial charge in [0, 0.05) is 17.2 Å². The Morgan fingerprint density at radius 1 is 1.53 bits per heavy atom. The molecule has 0 N–H and O–H groups in total. The summed E-state index contributed by atoms with van der Waals surface area (Å²) in [5, 5.41) is 0. The summed E-state index contributed by atoms with van der Waals surface area (Å²) in [6.45, 7) is 1.86. The van der Waals surface area contributed by atoms with E-state index in [1.165, 1.54) is 12.1 Å². The lowest BCUT2D eigenvalue weighted by Gasteiger charge is -2.09. The van der Waals surface area contributed by atoms with Crippen LogP contribution in [0.5, 0.6) is 0 Å². The molecule has 0 saturated carbocycles. The third-order valence-electron chi connectivity index (χ3n) is 2.77. The summed E-state index contributed by atoms with van der Waals surface area (Å²) in [7, 11) is 0. The van der Waals surface area contributed by atoms with Crippen molar-refractivity contribution in [2.75, 3.05) is 11.5 Å². The highest BCUT2D eigenvalue weighted by atomic mass is 32.2. The molecule has 1 saturated heterocycles. The lowest BCUT2D eigenvalue weighted by molar-refractivity contribution is 0.0932. The van der Waals surface area contributed by atoms with Gasteiger partial charge in [0.1, 0.15) is 5.82 Å². The van der Waals surface area contributed by atoms with E-state index in [-0.39, 0.29) is 17.5 Å². The molecule has 15 heavy (non-hydrogen) atoms. The molecule has 1 aliphatic rings. The average molecular weight is 224 g/mol. The van der Waals surface area contributed by atoms with E-state index in [4.69, 9.17) is 0 Å². The van der Waals surface area contributed by atoms with Gasteiger partial charge in [0.05, 0.1) is 0 Å². The van der Waals surface area contributed by atoms with Gasteiger partial charge < -0.3 is 0 Å². The van der Waals surface area contributed by atoms with Gasteiger partial charge in [-0.1, -0.05) is 6.07 Å². The Morgan fingerprint density at radius 3 is 3.00 bits per heavy atom. The highest BCUT2D eigenvalue weighted by molar-refractivity contribution is 7.99. The van der Waals surface area contributed by atoms with Crippen LogP contribution in [0.25, 0.3) is 0 Å². The van der Waals surface area contributed by atoms with Crippen molar-refractivity contribution < 1.29 is 9.18 Å². The summed E-state index contributed by atoms with van der Waals surface area (Å²) in [6, 6.07) is 4.43. The Kier molecular flexibility index (Phi) is 3.10. The molecule has 80 valence electrons. The number of Topliss-reactive ketones (excluding diaryl/α,β-unsaturated/α-hetero) is 1. The van der Waals surface area contributed by atoms with Crippen LogP contribution in [0.1, 0.15) is 22.3 Å². The number of ketones is 1. The van der Waals surface area contributed by atoms with E-state index in [9.17, 15) is 9.18 Å². The topological polar surface area (TPSA) is 17.1 Å². The standard InChI is InChI=1S/C12H13FOS/c1-8-2-3-10(13)6-11(8)12(14)9-4-5-15-7-9/h2-3,6,9H,4-5,7H2,1H3. The van der Waals surface area contributed by atoms with Gasteiger partial charge in [-0.25, -0.2) is 4.39 Å². The molecule has 1 unspecified atom stereocenters. The molecule has 1 heterocycles. The largest absolute Gasteiger partial charge is 0.294 e. The van der Waals surface area contributed by atoms with E-state index in [1.54, 1.807) is 17.8 Å². The first-order valence-corrected chi connectivity index (χ1v) is 6.22. The summed E-state index contributed by atoms with van der Waals surface area (Å²) < 4.78 is 13.0. The van der Waals surface area contributed by atoms with Gasteiger partial charge in [-0.05, 0) is 36.8 Å². The first kappa shape index (κ1) is 10.7. The maximum atomic E-state index is 13.0. The van der Waals surface area contributed by atoms with Gasteiger partial charge in [0.25, 0.3) is 0 Å². The fourth-order valence-electron chi connectivity index (χ4n) is 1.82. The third-order valence-corrected chi connectivity index (χ3v) is 3.93. The summed E-state index contributed by atoms with van der Waals surface area (Å²) >= 11 is 1.80. The number of carbonyl (C=O) groups is 1. The van der Waals surface area contributed by atoms with Crippen molar-refractivity contribution in [1.29, 1.82) is 0 Å². The van der Waals surface area contributed by atoms with Crippen LogP contribution in [0.15, 0.2) is 18.2 Å². The zero-order chi connectivity index (χ0) is 10.8. The number of benzene rings is 1. The average Bonchev–Trinajstić information content (AvgIpc) is 2.74. The SMILES string of the molecule is Cc1ccc(F)cc1C(=O)C1CCSC1. The van der Waals surface area contributed by atoms with Crippen LogP contribution in [0, 0.1) is 18.7 Å². The molecule has 0 aliphatic carbocycles. The molecule has 0 bridgehead atoms. The highest BCUT2D eigenvalue weighted by Gasteiger charge is 2.25. The molecule has 1 aromatic carbocycles. The van der Waals surface area contributed by atoms with E-state index in [0.29, 0.717) is 5.56 Å². The van der Waals surface area contributed by atoms with E-state index in [1.807, 2.05) is 6.92 Å². The second-order valence-electron chi connectivity index (χ2n) is 3.88. The Balaban J connectivity index is 2.27. The Bertz CT molecular complexity index is 383. The maximum Gasteiger partial charge on any atom is 0.167 e. The molecule has 0 amide bonds. The number of hydrogen-bond acceptors (Lipinski definition) is 2.